The zero-order valence-electron chi connectivity index (χ0n) is 15.4. The molecule has 0 aliphatic rings. The molecular weight excluding hydrogens is 406 g/mol. The van der Waals surface area contributed by atoms with E-state index in [1.165, 1.54) is 24.3 Å². The van der Waals surface area contributed by atoms with Crippen LogP contribution in [-0.4, -0.2) is 15.8 Å². The predicted molar refractivity (Wildman–Crippen MR) is 115 cm³/mol. The second-order valence-electron chi connectivity index (χ2n) is 6.36. The molecule has 1 amide bonds. The van der Waals surface area contributed by atoms with E-state index in [0.717, 1.165) is 0 Å². The van der Waals surface area contributed by atoms with E-state index < -0.39 is 4.92 Å². The highest BCUT2D eigenvalue weighted by Crippen LogP contribution is 2.30. The van der Waals surface area contributed by atoms with Gasteiger partial charge in [0.1, 0.15) is 5.52 Å². The van der Waals surface area contributed by atoms with Gasteiger partial charge in [-0.3, -0.25) is 14.9 Å². The molecule has 0 radical (unpaired) electrons. The fourth-order valence-corrected chi connectivity index (χ4v) is 3.07. The molecule has 148 valence electrons. The Kier molecular flexibility index (Phi) is 5.28. The highest BCUT2D eigenvalue weighted by atomic mass is 35.5. The van der Waals surface area contributed by atoms with E-state index in [4.69, 9.17) is 16.0 Å². The second kappa shape index (κ2) is 8.18. The average molecular weight is 420 g/mol. The summed E-state index contributed by atoms with van der Waals surface area (Å²) in [5.74, 6) is 0.0142. The molecule has 0 atom stereocenters. The number of benzene rings is 3. The molecule has 8 heteroatoms. The standard InChI is InChI=1S/C22H14ClN3O4/c23-18-7-2-1-6-17(18)22-25-19-13-15(9-10-20(19)30-22)24-21(27)11-8-14-4-3-5-16(12-14)26(28)29/h1-13H,(H,24,27)/b11-8+. The fourth-order valence-electron chi connectivity index (χ4n) is 2.85. The summed E-state index contributed by atoms with van der Waals surface area (Å²) in [7, 11) is 0. The molecule has 1 aromatic heterocycles. The van der Waals surface area contributed by atoms with E-state index in [0.29, 0.717) is 38.8 Å². The van der Waals surface area contributed by atoms with Crippen LogP contribution in [0.1, 0.15) is 5.56 Å². The number of amides is 1. The molecule has 0 saturated heterocycles. The van der Waals surface area contributed by atoms with Crippen LogP contribution in [0.25, 0.3) is 28.6 Å². The normalized spacial score (nSPS) is 11.1. The maximum absolute atomic E-state index is 12.2. The summed E-state index contributed by atoms with van der Waals surface area (Å²) in [6, 6.07) is 18.4. The van der Waals surface area contributed by atoms with Crippen LogP contribution in [-0.2, 0) is 4.79 Å². The minimum Gasteiger partial charge on any atom is -0.436 e. The molecule has 0 spiro atoms. The van der Waals surface area contributed by atoms with E-state index in [-0.39, 0.29) is 11.6 Å². The van der Waals surface area contributed by atoms with E-state index in [2.05, 4.69) is 10.3 Å². The van der Waals surface area contributed by atoms with Crippen molar-refractivity contribution in [3.05, 3.63) is 93.5 Å². The summed E-state index contributed by atoms with van der Waals surface area (Å²) in [6.45, 7) is 0. The molecule has 30 heavy (non-hydrogen) atoms. The van der Waals surface area contributed by atoms with Crippen molar-refractivity contribution in [3.63, 3.8) is 0 Å². The maximum Gasteiger partial charge on any atom is 0.270 e. The number of nitro benzene ring substituents is 1. The van der Waals surface area contributed by atoms with Crippen LogP contribution in [0.4, 0.5) is 11.4 Å². The smallest absolute Gasteiger partial charge is 0.270 e. The Labute approximate surface area is 175 Å². The number of carbonyl (C=O) groups excluding carboxylic acids is 1. The van der Waals surface area contributed by atoms with E-state index in [1.807, 2.05) is 18.2 Å². The lowest BCUT2D eigenvalue weighted by Gasteiger charge is -2.01. The molecule has 1 heterocycles. The minimum absolute atomic E-state index is 0.0386. The lowest BCUT2D eigenvalue weighted by atomic mass is 10.2. The van der Waals surface area contributed by atoms with Crippen LogP contribution in [0.15, 0.2) is 77.2 Å². The Balaban J connectivity index is 1.51. The molecule has 0 aliphatic carbocycles. The Hall–Kier alpha value is -3.97. The number of nitrogens with one attached hydrogen (secondary N) is 1. The number of rotatable bonds is 5. The number of carbonyl (C=O) groups is 1. The van der Waals surface area contributed by atoms with E-state index in [9.17, 15) is 14.9 Å². The van der Waals surface area contributed by atoms with Gasteiger partial charge in [-0.15, -0.1) is 0 Å². The molecule has 4 rings (SSSR count). The molecule has 1 N–H and O–H groups in total. The van der Waals surface area contributed by atoms with Crippen LogP contribution in [0.5, 0.6) is 0 Å². The van der Waals surface area contributed by atoms with E-state index >= 15 is 0 Å². The van der Waals surface area contributed by atoms with Crippen molar-refractivity contribution in [2.24, 2.45) is 0 Å². The van der Waals surface area contributed by atoms with Crippen molar-refractivity contribution >= 4 is 46.1 Å². The lowest BCUT2D eigenvalue weighted by Crippen LogP contribution is -2.07. The van der Waals surface area contributed by atoms with Crippen molar-refractivity contribution in [2.45, 2.75) is 0 Å². The van der Waals surface area contributed by atoms with Gasteiger partial charge in [-0.25, -0.2) is 4.98 Å². The molecule has 0 saturated carbocycles. The number of hydrogen-bond acceptors (Lipinski definition) is 5. The van der Waals surface area contributed by atoms with Crippen molar-refractivity contribution in [1.29, 1.82) is 0 Å². The summed E-state index contributed by atoms with van der Waals surface area (Å²) in [5.41, 5.74) is 2.87. The summed E-state index contributed by atoms with van der Waals surface area (Å²) in [5, 5.41) is 14.1. The SMILES string of the molecule is O=C(/C=C/c1cccc([N+](=O)[O-])c1)Nc1ccc2oc(-c3ccccc3Cl)nc2c1. The molecule has 7 nitrogen and oxygen atoms in total. The van der Waals surface area contributed by atoms with Crippen LogP contribution in [0.3, 0.4) is 0 Å². The quantitative estimate of drug-likeness (QED) is 0.254. The third kappa shape index (κ3) is 4.21. The van der Waals surface area contributed by atoms with Gasteiger partial charge in [0.15, 0.2) is 5.58 Å². The lowest BCUT2D eigenvalue weighted by molar-refractivity contribution is -0.384. The number of fused-ring (bicyclic) bond motifs is 1. The van der Waals surface area contributed by atoms with Crippen LogP contribution >= 0.6 is 11.6 Å². The number of anilines is 1. The molecule has 0 aliphatic heterocycles. The van der Waals surface area contributed by atoms with Gasteiger partial charge >= 0.3 is 0 Å². The molecule has 0 unspecified atom stereocenters. The van der Waals surface area contributed by atoms with Gasteiger partial charge in [-0.1, -0.05) is 35.9 Å². The Morgan fingerprint density at radius 2 is 1.93 bits per heavy atom. The Morgan fingerprint density at radius 3 is 2.73 bits per heavy atom. The van der Waals surface area contributed by atoms with Gasteiger partial charge in [0.25, 0.3) is 5.69 Å². The largest absolute Gasteiger partial charge is 0.436 e. The van der Waals surface area contributed by atoms with Gasteiger partial charge in [0.05, 0.1) is 15.5 Å². The van der Waals surface area contributed by atoms with Crippen molar-refractivity contribution in [1.82, 2.24) is 4.98 Å². The topological polar surface area (TPSA) is 98.3 Å². The first-order valence-corrected chi connectivity index (χ1v) is 9.26. The highest BCUT2D eigenvalue weighted by Gasteiger charge is 2.12. The predicted octanol–water partition coefficient (Wildman–Crippen LogP) is 5.71. The Bertz CT molecular complexity index is 1300. The molecule has 3 aromatic carbocycles. The fraction of sp³-hybridized carbons (Fsp3) is 0. The van der Waals surface area contributed by atoms with E-state index in [1.54, 1.807) is 36.4 Å². The molecule has 4 aromatic rings. The summed E-state index contributed by atoms with van der Waals surface area (Å²) >= 11 is 6.20. The molecule has 0 fully saturated rings. The van der Waals surface area contributed by atoms with Gasteiger partial charge in [-0.2, -0.15) is 0 Å². The number of nitro groups is 1. The van der Waals surface area contributed by atoms with Crippen LogP contribution in [0.2, 0.25) is 5.02 Å². The number of hydrogen-bond donors (Lipinski definition) is 1. The zero-order chi connectivity index (χ0) is 21.1. The zero-order valence-corrected chi connectivity index (χ0v) is 16.2. The second-order valence-corrected chi connectivity index (χ2v) is 6.76. The monoisotopic (exact) mass is 419 g/mol. The first-order valence-electron chi connectivity index (χ1n) is 8.88. The van der Waals surface area contributed by atoms with Crippen LogP contribution in [0, 0.1) is 10.1 Å². The maximum atomic E-state index is 12.2. The number of non-ortho nitro benzene ring substituents is 1. The van der Waals surface area contributed by atoms with Crippen molar-refractivity contribution < 1.29 is 14.1 Å². The third-order valence-corrected chi connectivity index (χ3v) is 4.60. The number of oxazole rings is 1. The molecule has 0 bridgehead atoms. The van der Waals surface area contributed by atoms with Crippen molar-refractivity contribution in [3.8, 4) is 11.5 Å². The van der Waals surface area contributed by atoms with Gasteiger partial charge in [-0.05, 0) is 42.0 Å². The van der Waals surface area contributed by atoms with Crippen LogP contribution < -0.4 is 5.32 Å². The summed E-state index contributed by atoms with van der Waals surface area (Å²) < 4.78 is 5.75. The first kappa shape index (κ1) is 19.4. The first-order chi connectivity index (χ1) is 14.5. The third-order valence-electron chi connectivity index (χ3n) is 4.27. The van der Waals surface area contributed by atoms with Crippen molar-refractivity contribution in [2.75, 3.05) is 5.32 Å². The van der Waals surface area contributed by atoms with Gasteiger partial charge < -0.3 is 9.73 Å². The average Bonchev–Trinajstić information content (AvgIpc) is 3.16. The summed E-state index contributed by atoms with van der Waals surface area (Å²) in [6.07, 6.45) is 2.81. The highest BCUT2D eigenvalue weighted by molar-refractivity contribution is 6.33. The molecular formula is C22H14ClN3O4. The summed E-state index contributed by atoms with van der Waals surface area (Å²) in [4.78, 5) is 27.0. The minimum atomic E-state index is -0.485. The number of nitrogens with zero attached hydrogens (tertiary/aromatic N) is 2. The number of halogens is 1. The Morgan fingerprint density at radius 1 is 1.10 bits per heavy atom. The number of aromatic nitrogens is 1. The van der Waals surface area contributed by atoms with Gasteiger partial charge in [0.2, 0.25) is 11.8 Å². The van der Waals surface area contributed by atoms with Gasteiger partial charge in [0, 0.05) is 23.9 Å².